The first-order chi connectivity index (χ1) is 13.3. The summed E-state index contributed by atoms with van der Waals surface area (Å²) in [5.41, 5.74) is 0.633. The predicted molar refractivity (Wildman–Crippen MR) is 107 cm³/mol. The number of carbonyl (C=O) groups is 3. The molecule has 1 N–H and O–H groups in total. The molecule has 1 saturated heterocycles. The molecule has 0 saturated carbocycles. The van der Waals surface area contributed by atoms with Crippen molar-refractivity contribution in [2.75, 3.05) is 34.4 Å². The first-order valence-electron chi connectivity index (χ1n) is 8.65. The SMILES string of the molecule is COc1cc(/C=C2/SC(=O)N(CCNC(=O)C(C)C)C2=O)cc(OC)c1OC. The number of carbonyl (C=O) groups excluding carboxylic acids is 3. The molecule has 0 atom stereocenters. The number of methoxy groups -OCH3 is 3. The average Bonchev–Trinajstić information content (AvgIpc) is 2.94. The van der Waals surface area contributed by atoms with Gasteiger partial charge in [0.25, 0.3) is 11.1 Å². The molecule has 9 heteroatoms. The van der Waals surface area contributed by atoms with E-state index >= 15 is 0 Å². The van der Waals surface area contributed by atoms with Crippen LogP contribution in [0.2, 0.25) is 0 Å². The van der Waals surface area contributed by atoms with Gasteiger partial charge in [-0.25, -0.2) is 0 Å². The van der Waals surface area contributed by atoms with Crippen molar-refractivity contribution in [3.63, 3.8) is 0 Å². The van der Waals surface area contributed by atoms with Crippen molar-refractivity contribution in [3.05, 3.63) is 22.6 Å². The van der Waals surface area contributed by atoms with Crippen LogP contribution in [0.4, 0.5) is 4.79 Å². The highest BCUT2D eigenvalue weighted by Crippen LogP contribution is 2.40. The zero-order chi connectivity index (χ0) is 20.8. The molecule has 2 rings (SSSR count). The number of hydrogen-bond donors (Lipinski definition) is 1. The zero-order valence-corrected chi connectivity index (χ0v) is 17.3. The van der Waals surface area contributed by atoms with E-state index in [-0.39, 0.29) is 35.1 Å². The minimum Gasteiger partial charge on any atom is -0.493 e. The number of amides is 3. The molecule has 152 valence electrons. The lowest BCUT2D eigenvalue weighted by molar-refractivity contribution is -0.125. The zero-order valence-electron chi connectivity index (χ0n) is 16.5. The Kier molecular flexibility index (Phi) is 7.33. The fraction of sp³-hybridized carbons (Fsp3) is 0.421. The first kappa shape index (κ1) is 21.6. The lowest BCUT2D eigenvalue weighted by atomic mass is 10.1. The summed E-state index contributed by atoms with van der Waals surface area (Å²) in [6.45, 7) is 3.88. The lowest BCUT2D eigenvalue weighted by Gasteiger charge is -2.14. The fourth-order valence-electron chi connectivity index (χ4n) is 2.52. The van der Waals surface area contributed by atoms with E-state index in [1.165, 1.54) is 21.3 Å². The Morgan fingerprint density at radius 1 is 1.14 bits per heavy atom. The predicted octanol–water partition coefficient (Wildman–Crippen LogP) is 2.52. The summed E-state index contributed by atoms with van der Waals surface area (Å²) < 4.78 is 15.9. The summed E-state index contributed by atoms with van der Waals surface area (Å²) in [7, 11) is 4.50. The highest BCUT2D eigenvalue weighted by molar-refractivity contribution is 8.18. The van der Waals surface area contributed by atoms with Crippen molar-refractivity contribution < 1.29 is 28.6 Å². The van der Waals surface area contributed by atoms with Crippen LogP contribution in [0.15, 0.2) is 17.0 Å². The Hall–Kier alpha value is -2.68. The maximum atomic E-state index is 12.6. The Morgan fingerprint density at radius 3 is 2.25 bits per heavy atom. The lowest BCUT2D eigenvalue weighted by Crippen LogP contribution is -2.38. The van der Waals surface area contributed by atoms with Gasteiger partial charge in [-0.1, -0.05) is 13.8 Å². The van der Waals surface area contributed by atoms with E-state index in [1.807, 2.05) is 0 Å². The summed E-state index contributed by atoms with van der Waals surface area (Å²) in [5, 5.41) is 2.32. The van der Waals surface area contributed by atoms with Gasteiger partial charge >= 0.3 is 0 Å². The standard InChI is InChI=1S/C19H24N2O6S/c1-11(2)17(22)20-6-7-21-18(23)15(28-19(21)24)10-12-8-13(25-3)16(27-5)14(9-12)26-4/h8-11H,6-7H2,1-5H3,(H,20,22)/b15-10+. The normalized spacial score (nSPS) is 15.4. The molecule has 28 heavy (non-hydrogen) atoms. The van der Waals surface area contributed by atoms with Crippen LogP contribution in [-0.2, 0) is 9.59 Å². The molecule has 0 radical (unpaired) electrons. The molecular formula is C19H24N2O6S. The van der Waals surface area contributed by atoms with Crippen molar-refractivity contribution in [2.24, 2.45) is 5.92 Å². The van der Waals surface area contributed by atoms with E-state index in [0.29, 0.717) is 22.8 Å². The van der Waals surface area contributed by atoms with E-state index in [2.05, 4.69) is 5.32 Å². The van der Waals surface area contributed by atoms with Crippen molar-refractivity contribution in [1.82, 2.24) is 10.2 Å². The van der Waals surface area contributed by atoms with E-state index in [1.54, 1.807) is 32.1 Å². The number of nitrogens with zero attached hydrogens (tertiary/aromatic N) is 1. The second-order valence-corrected chi connectivity index (χ2v) is 7.23. The maximum absolute atomic E-state index is 12.6. The molecule has 8 nitrogen and oxygen atoms in total. The van der Waals surface area contributed by atoms with Gasteiger partial charge in [0.05, 0.1) is 26.2 Å². The molecule has 0 aromatic heterocycles. The van der Waals surface area contributed by atoms with Crippen molar-refractivity contribution in [1.29, 1.82) is 0 Å². The minimum absolute atomic E-state index is 0.121. The molecule has 1 aromatic carbocycles. The summed E-state index contributed by atoms with van der Waals surface area (Å²) in [6.07, 6.45) is 1.60. The van der Waals surface area contributed by atoms with Crippen LogP contribution in [-0.4, -0.2) is 56.4 Å². The fourth-order valence-corrected chi connectivity index (χ4v) is 3.39. The molecule has 0 spiro atoms. The second kappa shape index (κ2) is 9.50. The third-order valence-corrected chi connectivity index (χ3v) is 4.92. The monoisotopic (exact) mass is 408 g/mol. The maximum Gasteiger partial charge on any atom is 0.293 e. The van der Waals surface area contributed by atoms with Crippen molar-refractivity contribution >= 4 is 34.9 Å². The Bertz CT molecular complexity index is 781. The summed E-state index contributed by atoms with van der Waals surface area (Å²) in [4.78, 5) is 37.8. The number of imide groups is 1. The van der Waals surface area contributed by atoms with E-state index in [0.717, 1.165) is 16.7 Å². The Balaban J connectivity index is 2.18. The average molecular weight is 408 g/mol. The molecule has 1 heterocycles. The first-order valence-corrected chi connectivity index (χ1v) is 9.47. The number of hydrogen-bond acceptors (Lipinski definition) is 7. The van der Waals surface area contributed by atoms with Gasteiger partial charge in [-0.05, 0) is 35.5 Å². The largest absolute Gasteiger partial charge is 0.493 e. The van der Waals surface area contributed by atoms with Crippen LogP contribution < -0.4 is 19.5 Å². The molecule has 1 aliphatic heterocycles. The van der Waals surface area contributed by atoms with Crippen LogP contribution in [0.3, 0.4) is 0 Å². The number of thioether (sulfide) groups is 1. The topological polar surface area (TPSA) is 94.2 Å². The number of nitrogens with one attached hydrogen (secondary N) is 1. The van der Waals surface area contributed by atoms with Gasteiger partial charge in [-0.15, -0.1) is 0 Å². The van der Waals surface area contributed by atoms with Gasteiger partial charge in [0.2, 0.25) is 11.7 Å². The van der Waals surface area contributed by atoms with Crippen LogP contribution in [0.1, 0.15) is 19.4 Å². The molecule has 3 amide bonds. The summed E-state index contributed by atoms with van der Waals surface area (Å²) in [5.74, 6) is 0.654. The molecule has 0 unspecified atom stereocenters. The van der Waals surface area contributed by atoms with Gasteiger partial charge in [0.15, 0.2) is 11.5 Å². The van der Waals surface area contributed by atoms with Crippen LogP contribution >= 0.6 is 11.8 Å². The summed E-state index contributed by atoms with van der Waals surface area (Å²) in [6, 6.07) is 3.39. The number of rotatable bonds is 8. The third-order valence-electron chi connectivity index (χ3n) is 4.02. The molecule has 0 aliphatic carbocycles. The van der Waals surface area contributed by atoms with E-state index in [4.69, 9.17) is 14.2 Å². The Labute approximate surface area is 168 Å². The van der Waals surface area contributed by atoms with Gasteiger partial charge in [-0.2, -0.15) is 0 Å². The highest BCUT2D eigenvalue weighted by Gasteiger charge is 2.34. The summed E-state index contributed by atoms with van der Waals surface area (Å²) >= 11 is 0.852. The molecular weight excluding hydrogens is 384 g/mol. The van der Waals surface area contributed by atoms with Gasteiger partial charge < -0.3 is 19.5 Å². The second-order valence-electron chi connectivity index (χ2n) is 6.24. The van der Waals surface area contributed by atoms with Gasteiger partial charge in [-0.3, -0.25) is 19.3 Å². The molecule has 1 aromatic rings. The quantitative estimate of drug-likeness (QED) is 0.661. The molecule has 1 aliphatic rings. The molecule has 1 fully saturated rings. The highest BCUT2D eigenvalue weighted by atomic mass is 32.2. The van der Waals surface area contributed by atoms with E-state index in [9.17, 15) is 14.4 Å². The van der Waals surface area contributed by atoms with Crippen molar-refractivity contribution in [2.45, 2.75) is 13.8 Å². The van der Waals surface area contributed by atoms with Crippen LogP contribution in [0.5, 0.6) is 17.2 Å². The van der Waals surface area contributed by atoms with Crippen LogP contribution in [0.25, 0.3) is 6.08 Å². The third kappa shape index (κ3) is 4.78. The molecule has 0 bridgehead atoms. The van der Waals surface area contributed by atoms with Crippen LogP contribution in [0, 0.1) is 5.92 Å². The minimum atomic E-state index is -0.400. The Morgan fingerprint density at radius 2 is 1.75 bits per heavy atom. The van der Waals surface area contributed by atoms with Crippen molar-refractivity contribution in [3.8, 4) is 17.2 Å². The van der Waals surface area contributed by atoms with E-state index < -0.39 is 5.91 Å². The smallest absolute Gasteiger partial charge is 0.293 e. The number of ether oxygens (including phenoxy) is 3. The number of benzene rings is 1. The van der Waals surface area contributed by atoms with Gasteiger partial charge in [0, 0.05) is 19.0 Å². The van der Waals surface area contributed by atoms with Gasteiger partial charge in [0.1, 0.15) is 0 Å².